The van der Waals surface area contributed by atoms with Crippen LogP contribution < -0.4 is 4.74 Å². The van der Waals surface area contributed by atoms with Gasteiger partial charge in [-0.25, -0.2) is 0 Å². The van der Waals surface area contributed by atoms with Crippen LogP contribution in [0.4, 0.5) is 0 Å². The predicted molar refractivity (Wildman–Crippen MR) is 70.6 cm³/mol. The number of nitrogens with zero attached hydrogens (tertiary/aromatic N) is 4. The van der Waals surface area contributed by atoms with E-state index < -0.39 is 0 Å². The van der Waals surface area contributed by atoms with Crippen molar-refractivity contribution < 1.29 is 19.5 Å². The third-order valence-electron chi connectivity index (χ3n) is 2.75. The summed E-state index contributed by atoms with van der Waals surface area (Å²) >= 11 is 0. The highest BCUT2D eigenvalue weighted by Crippen LogP contribution is 2.35. The largest absolute Gasteiger partial charge is 0.504 e. The summed E-state index contributed by atoms with van der Waals surface area (Å²) in [5, 5.41) is 30.7. The van der Waals surface area contributed by atoms with Gasteiger partial charge in [-0.3, -0.25) is 0 Å². The molecule has 0 aliphatic rings. The van der Waals surface area contributed by atoms with Gasteiger partial charge in [0.05, 0.1) is 12.7 Å². The molecule has 3 rings (SSSR count). The Morgan fingerprint density at radius 2 is 1.95 bits per heavy atom. The quantitative estimate of drug-likeness (QED) is 0.698. The van der Waals surface area contributed by atoms with Crippen molar-refractivity contribution in [3.05, 3.63) is 30.3 Å². The molecule has 21 heavy (non-hydrogen) atoms. The Morgan fingerprint density at radius 1 is 1.10 bits per heavy atom. The normalized spacial score (nSPS) is 10.5. The molecule has 0 unspecified atom stereocenters. The second-order valence-electron chi connectivity index (χ2n) is 4.06. The molecule has 2 N–H and O–H groups in total. The maximum Gasteiger partial charge on any atom is 0.262 e. The van der Waals surface area contributed by atoms with Crippen LogP contribution in [-0.4, -0.2) is 37.7 Å². The zero-order valence-electron chi connectivity index (χ0n) is 10.9. The van der Waals surface area contributed by atoms with Crippen molar-refractivity contribution in [1.82, 2.24) is 20.3 Å². The zero-order valence-corrected chi connectivity index (χ0v) is 10.9. The summed E-state index contributed by atoms with van der Waals surface area (Å²) in [6.45, 7) is 0. The van der Waals surface area contributed by atoms with Crippen molar-refractivity contribution in [3.8, 4) is 40.4 Å². The highest BCUT2D eigenvalue weighted by atomic mass is 16.5. The molecule has 0 aliphatic heterocycles. The molecule has 0 amide bonds. The van der Waals surface area contributed by atoms with E-state index in [9.17, 15) is 10.2 Å². The Kier molecular flexibility index (Phi) is 3.11. The van der Waals surface area contributed by atoms with Crippen LogP contribution in [0, 0.1) is 0 Å². The molecule has 3 aromatic rings. The number of rotatable bonds is 3. The van der Waals surface area contributed by atoms with E-state index in [4.69, 9.17) is 9.26 Å². The van der Waals surface area contributed by atoms with E-state index in [0.717, 1.165) is 0 Å². The number of methoxy groups -OCH3 is 1. The van der Waals surface area contributed by atoms with Crippen molar-refractivity contribution in [3.63, 3.8) is 0 Å². The molecular weight excluding hydrogens is 276 g/mol. The summed E-state index contributed by atoms with van der Waals surface area (Å²) in [6.07, 6.45) is 0. The first-order valence-corrected chi connectivity index (χ1v) is 5.92. The van der Waals surface area contributed by atoms with Crippen LogP contribution in [0.15, 0.2) is 34.9 Å². The standard InChI is InChI=1S/C13H10N4O4/c1-20-10-6-5-8(15-16-10)12-14-13(21-17-12)7-3-2-4-9(18)11(7)19/h2-6,18-19H,1H3. The number of benzene rings is 1. The molecule has 106 valence electrons. The summed E-state index contributed by atoms with van der Waals surface area (Å²) in [4.78, 5) is 4.12. The molecule has 1 aromatic carbocycles. The van der Waals surface area contributed by atoms with Gasteiger partial charge in [-0.15, -0.1) is 10.2 Å². The second-order valence-corrected chi connectivity index (χ2v) is 4.06. The van der Waals surface area contributed by atoms with Crippen molar-refractivity contribution in [2.75, 3.05) is 7.11 Å². The SMILES string of the molecule is COc1ccc(-c2noc(-c3cccc(O)c3O)n2)nn1. The minimum atomic E-state index is -0.325. The van der Waals surface area contributed by atoms with Gasteiger partial charge in [0.25, 0.3) is 5.89 Å². The molecule has 0 radical (unpaired) electrons. The molecular formula is C13H10N4O4. The predicted octanol–water partition coefficient (Wildman–Crippen LogP) is 1.61. The third-order valence-corrected chi connectivity index (χ3v) is 2.75. The Labute approximate surface area is 118 Å². The number of hydrogen-bond donors (Lipinski definition) is 2. The number of ether oxygens (including phenoxy) is 1. The molecule has 8 heteroatoms. The minimum Gasteiger partial charge on any atom is -0.504 e. The average molecular weight is 286 g/mol. The first-order valence-electron chi connectivity index (χ1n) is 5.92. The first-order chi connectivity index (χ1) is 10.2. The van der Waals surface area contributed by atoms with Crippen LogP contribution in [0.25, 0.3) is 23.0 Å². The lowest BCUT2D eigenvalue weighted by molar-refractivity contribution is 0.392. The first kappa shape index (κ1) is 12.9. The van der Waals surface area contributed by atoms with Crippen LogP contribution in [0.5, 0.6) is 17.4 Å². The smallest absolute Gasteiger partial charge is 0.262 e. The Hall–Kier alpha value is -3.16. The number of para-hydroxylation sites is 1. The van der Waals surface area contributed by atoms with Gasteiger partial charge in [-0.05, 0) is 18.2 Å². The molecule has 0 bridgehead atoms. The summed E-state index contributed by atoms with van der Waals surface area (Å²) < 4.78 is 9.98. The number of aromatic nitrogens is 4. The van der Waals surface area contributed by atoms with Gasteiger partial charge < -0.3 is 19.5 Å². The van der Waals surface area contributed by atoms with E-state index >= 15 is 0 Å². The number of hydrogen-bond acceptors (Lipinski definition) is 8. The lowest BCUT2D eigenvalue weighted by Gasteiger charge is -2.00. The molecule has 0 fully saturated rings. The minimum absolute atomic E-state index is 0.0658. The Balaban J connectivity index is 1.97. The van der Waals surface area contributed by atoms with Crippen LogP contribution in [-0.2, 0) is 0 Å². The zero-order chi connectivity index (χ0) is 14.8. The van der Waals surface area contributed by atoms with Crippen LogP contribution >= 0.6 is 0 Å². The highest BCUT2D eigenvalue weighted by molar-refractivity contribution is 5.67. The van der Waals surface area contributed by atoms with Crippen molar-refractivity contribution in [2.45, 2.75) is 0 Å². The fourth-order valence-corrected chi connectivity index (χ4v) is 1.69. The van der Waals surface area contributed by atoms with E-state index in [1.54, 1.807) is 24.3 Å². The van der Waals surface area contributed by atoms with Gasteiger partial charge >= 0.3 is 0 Å². The average Bonchev–Trinajstić information content (AvgIpc) is 3.00. The summed E-state index contributed by atoms with van der Waals surface area (Å²) in [5.74, 6) is 0.0528. The Bertz CT molecular complexity index is 770. The monoisotopic (exact) mass is 286 g/mol. The maximum absolute atomic E-state index is 9.78. The van der Waals surface area contributed by atoms with Gasteiger partial charge in [-0.2, -0.15) is 4.98 Å². The van der Waals surface area contributed by atoms with E-state index in [-0.39, 0.29) is 28.8 Å². The van der Waals surface area contributed by atoms with Crippen molar-refractivity contribution >= 4 is 0 Å². The van der Waals surface area contributed by atoms with Crippen molar-refractivity contribution in [2.24, 2.45) is 0 Å². The number of phenols is 2. The van der Waals surface area contributed by atoms with Crippen molar-refractivity contribution in [1.29, 1.82) is 0 Å². The molecule has 8 nitrogen and oxygen atoms in total. The number of phenolic OH excluding ortho intramolecular Hbond substituents is 2. The molecule has 2 heterocycles. The third kappa shape index (κ3) is 2.34. The molecule has 0 saturated heterocycles. The van der Waals surface area contributed by atoms with E-state index in [2.05, 4.69) is 20.3 Å². The molecule has 0 spiro atoms. The van der Waals surface area contributed by atoms with E-state index in [1.165, 1.54) is 13.2 Å². The maximum atomic E-state index is 9.78. The van der Waals surface area contributed by atoms with E-state index in [0.29, 0.717) is 11.6 Å². The Morgan fingerprint density at radius 3 is 2.67 bits per heavy atom. The molecule has 0 aliphatic carbocycles. The second kappa shape index (κ2) is 5.08. The van der Waals surface area contributed by atoms with Crippen LogP contribution in [0.3, 0.4) is 0 Å². The summed E-state index contributed by atoms with van der Waals surface area (Å²) in [5.41, 5.74) is 0.626. The van der Waals surface area contributed by atoms with E-state index in [1.807, 2.05) is 0 Å². The van der Waals surface area contributed by atoms with Crippen LogP contribution in [0.2, 0.25) is 0 Å². The topological polar surface area (TPSA) is 114 Å². The van der Waals surface area contributed by atoms with Gasteiger partial charge in [0, 0.05) is 6.07 Å². The number of aromatic hydroxyl groups is 2. The molecule has 2 aromatic heterocycles. The van der Waals surface area contributed by atoms with Gasteiger partial charge in [0.2, 0.25) is 11.7 Å². The lowest BCUT2D eigenvalue weighted by atomic mass is 10.2. The summed E-state index contributed by atoms with van der Waals surface area (Å²) in [6, 6.07) is 7.70. The highest BCUT2D eigenvalue weighted by Gasteiger charge is 2.16. The lowest BCUT2D eigenvalue weighted by Crippen LogP contribution is -1.93. The van der Waals surface area contributed by atoms with Gasteiger partial charge in [0.1, 0.15) is 5.69 Å². The fraction of sp³-hybridized carbons (Fsp3) is 0.0769. The molecule has 0 saturated carbocycles. The van der Waals surface area contributed by atoms with Crippen LogP contribution in [0.1, 0.15) is 0 Å². The van der Waals surface area contributed by atoms with Gasteiger partial charge in [-0.1, -0.05) is 11.2 Å². The molecule has 0 atom stereocenters. The summed E-state index contributed by atoms with van der Waals surface area (Å²) in [7, 11) is 1.49. The van der Waals surface area contributed by atoms with Gasteiger partial charge in [0.15, 0.2) is 11.5 Å². The fourth-order valence-electron chi connectivity index (χ4n) is 1.69.